The normalized spacial score (nSPS) is 16.9. The number of fused-ring (bicyclic) bond motifs is 1. The van der Waals surface area contributed by atoms with Crippen molar-refractivity contribution in [2.24, 2.45) is 5.92 Å². The standard InChI is InChI=1S/C17H26N6O2/c1-13(2)14(22-7-9-25-10-8-22)11-18-17(24)19-12-16-21-20-15-5-3-4-6-23(15)16/h3-6,13-14H,7-12H2,1-2H3,(H2,18,19,24)/t14-/m1/s1. The van der Waals surface area contributed by atoms with E-state index in [0.717, 1.165) is 32.0 Å². The van der Waals surface area contributed by atoms with Crippen molar-refractivity contribution in [1.29, 1.82) is 0 Å². The summed E-state index contributed by atoms with van der Waals surface area (Å²) in [6.45, 7) is 8.66. The van der Waals surface area contributed by atoms with Gasteiger partial charge in [0, 0.05) is 31.9 Å². The van der Waals surface area contributed by atoms with E-state index in [1.165, 1.54) is 0 Å². The SMILES string of the molecule is CC(C)[C@@H](CNC(=O)NCc1nnc2ccccn12)N1CCOCC1. The summed E-state index contributed by atoms with van der Waals surface area (Å²) in [7, 11) is 0. The first-order valence-corrected chi connectivity index (χ1v) is 8.77. The Morgan fingerprint density at radius 2 is 2.04 bits per heavy atom. The van der Waals surface area contributed by atoms with Gasteiger partial charge in [-0.1, -0.05) is 19.9 Å². The van der Waals surface area contributed by atoms with Gasteiger partial charge in [-0.2, -0.15) is 0 Å². The Labute approximate surface area is 147 Å². The monoisotopic (exact) mass is 346 g/mol. The first kappa shape index (κ1) is 17.6. The summed E-state index contributed by atoms with van der Waals surface area (Å²) in [5, 5.41) is 14.0. The van der Waals surface area contributed by atoms with Crippen LogP contribution in [0.25, 0.3) is 5.65 Å². The molecule has 0 bridgehead atoms. The maximum Gasteiger partial charge on any atom is 0.315 e. The lowest BCUT2D eigenvalue weighted by molar-refractivity contribution is 0.00719. The zero-order chi connectivity index (χ0) is 17.6. The van der Waals surface area contributed by atoms with Gasteiger partial charge in [-0.05, 0) is 18.1 Å². The molecule has 25 heavy (non-hydrogen) atoms. The minimum absolute atomic E-state index is 0.188. The maximum absolute atomic E-state index is 12.2. The second kappa shape index (κ2) is 8.26. The lowest BCUT2D eigenvalue weighted by Gasteiger charge is -2.36. The summed E-state index contributed by atoms with van der Waals surface area (Å²) in [6, 6.07) is 5.82. The quantitative estimate of drug-likeness (QED) is 0.811. The molecule has 0 aliphatic carbocycles. The molecule has 1 atom stereocenters. The van der Waals surface area contributed by atoms with E-state index in [1.807, 2.05) is 28.8 Å². The van der Waals surface area contributed by atoms with Gasteiger partial charge in [-0.3, -0.25) is 9.30 Å². The van der Waals surface area contributed by atoms with Gasteiger partial charge in [-0.25, -0.2) is 4.79 Å². The second-order valence-electron chi connectivity index (χ2n) is 6.57. The largest absolute Gasteiger partial charge is 0.379 e. The van der Waals surface area contributed by atoms with Crippen molar-refractivity contribution in [2.75, 3.05) is 32.8 Å². The number of rotatable bonds is 6. The van der Waals surface area contributed by atoms with Crippen molar-refractivity contribution in [3.05, 3.63) is 30.2 Å². The summed E-state index contributed by atoms with van der Waals surface area (Å²) < 4.78 is 7.28. The highest BCUT2D eigenvalue weighted by atomic mass is 16.5. The maximum atomic E-state index is 12.2. The molecule has 2 aromatic heterocycles. The molecule has 8 nitrogen and oxygen atoms in total. The molecule has 0 saturated carbocycles. The van der Waals surface area contributed by atoms with Gasteiger partial charge < -0.3 is 15.4 Å². The van der Waals surface area contributed by atoms with E-state index >= 15 is 0 Å². The molecule has 136 valence electrons. The van der Waals surface area contributed by atoms with Crippen LogP contribution in [0.4, 0.5) is 4.79 Å². The molecule has 2 N–H and O–H groups in total. The smallest absolute Gasteiger partial charge is 0.315 e. The second-order valence-corrected chi connectivity index (χ2v) is 6.57. The highest BCUT2D eigenvalue weighted by molar-refractivity contribution is 5.73. The Kier molecular flexibility index (Phi) is 5.83. The van der Waals surface area contributed by atoms with Crippen LogP contribution >= 0.6 is 0 Å². The molecule has 8 heteroatoms. The summed E-state index contributed by atoms with van der Waals surface area (Å²) in [4.78, 5) is 14.6. The number of morpholine rings is 1. The number of nitrogens with one attached hydrogen (secondary N) is 2. The zero-order valence-electron chi connectivity index (χ0n) is 14.8. The molecule has 1 saturated heterocycles. The molecule has 1 fully saturated rings. The molecular formula is C17H26N6O2. The summed E-state index contributed by atoms with van der Waals surface area (Å²) in [5.74, 6) is 1.16. The van der Waals surface area contributed by atoms with Crippen molar-refractivity contribution in [3.8, 4) is 0 Å². The van der Waals surface area contributed by atoms with E-state index in [-0.39, 0.29) is 6.03 Å². The van der Waals surface area contributed by atoms with Crippen LogP contribution in [0.1, 0.15) is 19.7 Å². The highest BCUT2D eigenvalue weighted by Crippen LogP contribution is 2.12. The van der Waals surface area contributed by atoms with Crippen molar-refractivity contribution in [3.63, 3.8) is 0 Å². The summed E-state index contributed by atoms with van der Waals surface area (Å²) in [5.41, 5.74) is 0.770. The summed E-state index contributed by atoms with van der Waals surface area (Å²) >= 11 is 0. The van der Waals surface area contributed by atoms with Gasteiger partial charge in [-0.15, -0.1) is 10.2 Å². The fourth-order valence-electron chi connectivity index (χ4n) is 3.13. The first-order valence-electron chi connectivity index (χ1n) is 8.77. The molecule has 0 unspecified atom stereocenters. The Balaban J connectivity index is 1.49. The molecule has 3 heterocycles. The molecule has 2 amide bonds. The van der Waals surface area contributed by atoms with Crippen LogP contribution in [-0.2, 0) is 11.3 Å². The van der Waals surface area contributed by atoms with Crippen molar-refractivity contribution in [2.45, 2.75) is 26.4 Å². The number of hydrogen-bond donors (Lipinski definition) is 2. The Morgan fingerprint density at radius 1 is 1.24 bits per heavy atom. The molecule has 0 radical (unpaired) electrons. The van der Waals surface area contributed by atoms with Crippen LogP contribution in [0.15, 0.2) is 24.4 Å². The number of pyridine rings is 1. The minimum atomic E-state index is -0.188. The number of nitrogens with zero attached hydrogens (tertiary/aromatic N) is 4. The molecule has 0 aromatic carbocycles. The third kappa shape index (κ3) is 4.46. The van der Waals surface area contributed by atoms with E-state index in [4.69, 9.17) is 4.74 Å². The van der Waals surface area contributed by atoms with Crippen molar-refractivity contribution >= 4 is 11.7 Å². The van der Waals surface area contributed by atoms with Crippen LogP contribution in [0.5, 0.6) is 0 Å². The van der Waals surface area contributed by atoms with E-state index < -0.39 is 0 Å². The van der Waals surface area contributed by atoms with Crippen LogP contribution < -0.4 is 10.6 Å². The number of carbonyl (C=O) groups excluding carboxylic acids is 1. The fraction of sp³-hybridized carbons (Fsp3) is 0.588. The summed E-state index contributed by atoms with van der Waals surface area (Å²) in [6.07, 6.45) is 1.89. The molecule has 1 aliphatic heterocycles. The van der Waals surface area contributed by atoms with E-state index in [2.05, 4.69) is 39.6 Å². The van der Waals surface area contributed by atoms with Crippen molar-refractivity contribution in [1.82, 2.24) is 30.1 Å². The third-order valence-corrected chi connectivity index (χ3v) is 4.55. The lowest BCUT2D eigenvalue weighted by atomic mass is 10.0. The first-order chi connectivity index (χ1) is 12.1. The van der Waals surface area contributed by atoms with Crippen LogP contribution in [-0.4, -0.2) is 64.4 Å². The highest BCUT2D eigenvalue weighted by Gasteiger charge is 2.24. The minimum Gasteiger partial charge on any atom is -0.379 e. The number of urea groups is 1. The van der Waals surface area contributed by atoms with Gasteiger partial charge in [0.2, 0.25) is 0 Å². The van der Waals surface area contributed by atoms with Crippen molar-refractivity contribution < 1.29 is 9.53 Å². The topological polar surface area (TPSA) is 83.8 Å². The Hall–Kier alpha value is -2.19. The Morgan fingerprint density at radius 3 is 2.80 bits per heavy atom. The predicted molar refractivity (Wildman–Crippen MR) is 94.2 cm³/mol. The van der Waals surface area contributed by atoms with E-state index in [0.29, 0.717) is 30.9 Å². The van der Waals surface area contributed by atoms with Gasteiger partial charge in [0.15, 0.2) is 11.5 Å². The predicted octanol–water partition coefficient (Wildman–Crippen LogP) is 0.885. The average Bonchev–Trinajstić information content (AvgIpc) is 3.04. The number of hydrogen-bond acceptors (Lipinski definition) is 5. The van der Waals surface area contributed by atoms with Crippen LogP contribution in [0.2, 0.25) is 0 Å². The van der Waals surface area contributed by atoms with E-state index in [1.54, 1.807) is 0 Å². The number of amides is 2. The number of ether oxygens (including phenoxy) is 1. The molecule has 0 spiro atoms. The van der Waals surface area contributed by atoms with Crippen LogP contribution in [0, 0.1) is 5.92 Å². The van der Waals surface area contributed by atoms with E-state index in [9.17, 15) is 4.79 Å². The Bertz CT molecular complexity index is 695. The number of carbonyl (C=O) groups is 1. The number of aromatic nitrogens is 3. The lowest BCUT2D eigenvalue weighted by Crippen LogP contribution is -2.52. The van der Waals surface area contributed by atoms with Gasteiger partial charge in [0.25, 0.3) is 0 Å². The van der Waals surface area contributed by atoms with Gasteiger partial charge in [0.05, 0.1) is 19.8 Å². The molecule has 2 aromatic rings. The third-order valence-electron chi connectivity index (χ3n) is 4.55. The zero-order valence-corrected chi connectivity index (χ0v) is 14.8. The van der Waals surface area contributed by atoms with Gasteiger partial charge in [0.1, 0.15) is 0 Å². The fourth-order valence-corrected chi connectivity index (χ4v) is 3.13. The molecular weight excluding hydrogens is 320 g/mol. The molecule has 1 aliphatic rings. The molecule has 3 rings (SSSR count). The van der Waals surface area contributed by atoms with Crippen LogP contribution in [0.3, 0.4) is 0 Å². The van der Waals surface area contributed by atoms with Gasteiger partial charge >= 0.3 is 6.03 Å². The average molecular weight is 346 g/mol.